The van der Waals surface area contributed by atoms with Gasteiger partial charge in [0.15, 0.2) is 0 Å². The third-order valence-corrected chi connectivity index (χ3v) is 11.9. The van der Waals surface area contributed by atoms with Crippen molar-refractivity contribution in [3.05, 3.63) is 218 Å². The summed E-state index contributed by atoms with van der Waals surface area (Å²) in [6, 6.07) is 78.7. The second-order valence-electron chi connectivity index (χ2n) is 15.3. The van der Waals surface area contributed by atoms with Crippen molar-refractivity contribution in [3.63, 3.8) is 0 Å². The molecule has 0 fully saturated rings. The molecule has 0 aliphatic rings. The Morgan fingerprint density at radius 2 is 0.949 bits per heavy atom. The fraction of sp³-hybridized carbons (Fsp3) is 0. The number of anilines is 3. The molecule has 0 aliphatic carbocycles. The molecular weight excluding hydrogens is 717 g/mol. The van der Waals surface area contributed by atoms with Crippen LogP contribution >= 0.6 is 0 Å². The Labute approximate surface area is 341 Å². The summed E-state index contributed by atoms with van der Waals surface area (Å²) in [6.07, 6.45) is 0. The van der Waals surface area contributed by atoms with Crippen LogP contribution in [-0.4, -0.2) is 4.57 Å². The highest BCUT2D eigenvalue weighted by molar-refractivity contribution is 6.13. The molecule has 2 heterocycles. The average Bonchev–Trinajstić information content (AvgIpc) is 3.85. The quantitative estimate of drug-likeness (QED) is 0.158. The van der Waals surface area contributed by atoms with Crippen LogP contribution in [0, 0.1) is 0 Å². The van der Waals surface area contributed by atoms with E-state index in [0.29, 0.717) is 0 Å². The largest absolute Gasteiger partial charge is 0.455 e. The molecule has 0 unspecified atom stereocenters. The number of fused-ring (bicyclic) bond motifs is 9. The molecule has 0 N–H and O–H groups in total. The Morgan fingerprint density at radius 3 is 1.73 bits per heavy atom. The fourth-order valence-electron chi connectivity index (χ4n) is 9.18. The lowest BCUT2D eigenvalue weighted by molar-refractivity contribution is 0.670. The van der Waals surface area contributed by atoms with E-state index in [0.717, 1.165) is 55.8 Å². The molecule has 10 aromatic carbocycles. The van der Waals surface area contributed by atoms with Crippen LogP contribution < -0.4 is 4.90 Å². The van der Waals surface area contributed by atoms with Crippen molar-refractivity contribution in [1.82, 2.24) is 4.57 Å². The first-order valence-corrected chi connectivity index (χ1v) is 20.2. The van der Waals surface area contributed by atoms with Crippen LogP contribution in [0.3, 0.4) is 0 Å². The third-order valence-electron chi connectivity index (χ3n) is 11.9. The van der Waals surface area contributed by atoms with E-state index >= 15 is 0 Å². The maximum atomic E-state index is 6.75. The Morgan fingerprint density at radius 1 is 0.339 bits per heavy atom. The summed E-state index contributed by atoms with van der Waals surface area (Å²) in [4.78, 5) is 2.36. The number of para-hydroxylation sites is 4. The Balaban J connectivity index is 1.03. The van der Waals surface area contributed by atoms with Crippen LogP contribution in [0.15, 0.2) is 223 Å². The van der Waals surface area contributed by atoms with E-state index in [9.17, 15) is 0 Å². The second-order valence-corrected chi connectivity index (χ2v) is 15.3. The molecule has 276 valence electrons. The van der Waals surface area contributed by atoms with Crippen molar-refractivity contribution in [2.24, 2.45) is 0 Å². The number of nitrogens with zero attached hydrogens (tertiary/aromatic N) is 2. The van der Waals surface area contributed by atoms with Gasteiger partial charge in [0.25, 0.3) is 0 Å². The molecule has 12 rings (SSSR count). The highest BCUT2D eigenvalue weighted by Gasteiger charge is 2.21. The molecule has 0 amide bonds. The van der Waals surface area contributed by atoms with Crippen LogP contribution in [0.5, 0.6) is 0 Å². The first kappa shape index (κ1) is 33.3. The Hall–Kier alpha value is -7.88. The molecule has 0 saturated carbocycles. The topological polar surface area (TPSA) is 21.3 Å². The first-order chi connectivity index (χ1) is 29.2. The van der Waals surface area contributed by atoms with Crippen LogP contribution in [0.2, 0.25) is 0 Å². The van der Waals surface area contributed by atoms with E-state index in [1.54, 1.807) is 0 Å². The van der Waals surface area contributed by atoms with E-state index in [1.165, 1.54) is 54.5 Å². The summed E-state index contributed by atoms with van der Waals surface area (Å²) < 4.78 is 9.13. The molecule has 12 aromatic rings. The average molecular weight is 753 g/mol. The van der Waals surface area contributed by atoms with Crippen molar-refractivity contribution in [2.45, 2.75) is 0 Å². The van der Waals surface area contributed by atoms with Gasteiger partial charge in [0.1, 0.15) is 11.2 Å². The summed E-state index contributed by atoms with van der Waals surface area (Å²) in [5.74, 6) is 0. The monoisotopic (exact) mass is 752 g/mol. The number of rotatable bonds is 6. The van der Waals surface area contributed by atoms with Gasteiger partial charge in [-0.2, -0.15) is 0 Å². The maximum Gasteiger partial charge on any atom is 0.143 e. The Bertz CT molecular complexity index is 3500. The molecule has 0 radical (unpaired) electrons. The van der Waals surface area contributed by atoms with Crippen molar-refractivity contribution >= 4 is 82.4 Å². The zero-order chi connectivity index (χ0) is 38.9. The third kappa shape index (κ3) is 5.44. The number of hydrogen-bond acceptors (Lipinski definition) is 2. The van der Waals surface area contributed by atoms with E-state index in [2.05, 4.69) is 222 Å². The predicted molar refractivity (Wildman–Crippen MR) is 249 cm³/mol. The van der Waals surface area contributed by atoms with E-state index < -0.39 is 0 Å². The molecular formula is C56H36N2O. The van der Waals surface area contributed by atoms with Crippen molar-refractivity contribution in [3.8, 4) is 27.9 Å². The number of furan rings is 1. The summed E-state index contributed by atoms with van der Waals surface area (Å²) in [5, 5.41) is 9.71. The van der Waals surface area contributed by atoms with Gasteiger partial charge in [0.05, 0.1) is 11.0 Å². The lowest BCUT2D eigenvalue weighted by atomic mass is 9.97. The normalized spacial score (nSPS) is 11.7. The molecule has 3 heteroatoms. The van der Waals surface area contributed by atoms with Gasteiger partial charge in [-0.25, -0.2) is 0 Å². The molecule has 59 heavy (non-hydrogen) atoms. The van der Waals surface area contributed by atoms with Gasteiger partial charge in [-0.05, 0) is 111 Å². The molecule has 0 saturated heterocycles. The lowest BCUT2D eigenvalue weighted by Crippen LogP contribution is -2.10. The van der Waals surface area contributed by atoms with E-state index in [1.807, 2.05) is 6.07 Å². The summed E-state index contributed by atoms with van der Waals surface area (Å²) in [5.41, 5.74) is 12.9. The zero-order valence-electron chi connectivity index (χ0n) is 32.1. The molecule has 0 aliphatic heterocycles. The van der Waals surface area contributed by atoms with Gasteiger partial charge in [-0.3, -0.25) is 0 Å². The standard InChI is InChI=1S/C56H36N2O/c1-2-15-42(16-3-1)57(43-31-29-37(30-32-43)40-28-27-39-26-25-38-13-4-5-18-46(38)50(39)34-40)45-35-51(56-52(36-45)49-21-8-11-24-55(49)59-56)41-14-12-17-44(33-41)58-53-22-9-6-19-47(53)48-20-7-10-23-54(48)58/h1-36H. The second kappa shape index (κ2) is 13.4. The Kier molecular flexibility index (Phi) is 7.54. The van der Waals surface area contributed by atoms with Crippen LogP contribution in [0.4, 0.5) is 17.1 Å². The minimum atomic E-state index is 0.873. The van der Waals surface area contributed by atoms with E-state index in [4.69, 9.17) is 4.42 Å². The number of benzene rings is 10. The molecule has 2 aromatic heterocycles. The van der Waals surface area contributed by atoms with Gasteiger partial charge < -0.3 is 13.9 Å². The fourth-order valence-corrected chi connectivity index (χ4v) is 9.18. The van der Waals surface area contributed by atoms with Crippen molar-refractivity contribution in [2.75, 3.05) is 4.90 Å². The van der Waals surface area contributed by atoms with Crippen molar-refractivity contribution < 1.29 is 4.42 Å². The summed E-state index contributed by atoms with van der Waals surface area (Å²) >= 11 is 0. The molecule has 0 atom stereocenters. The minimum Gasteiger partial charge on any atom is -0.455 e. The predicted octanol–water partition coefficient (Wildman–Crippen LogP) is 15.8. The smallest absolute Gasteiger partial charge is 0.143 e. The maximum absolute atomic E-state index is 6.75. The van der Waals surface area contributed by atoms with Gasteiger partial charge in [-0.1, -0.05) is 146 Å². The first-order valence-electron chi connectivity index (χ1n) is 20.2. The van der Waals surface area contributed by atoms with Gasteiger partial charge in [0.2, 0.25) is 0 Å². The number of hydrogen-bond donors (Lipinski definition) is 0. The highest BCUT2D eigenvalue weighted by atomic mass is 16.3. The lowest BCUT2D eigenvalue weighted by Gasteiger charge is -2.26. The molecule has 3 nitrogen and oxygen atoms in total. The SMILES string of the molecule is c1ccc(N(c2ccc(-c3ccc4ccc5ccccc5c4c3)cc2)c2cc(-c3cccc(-n4c5ccccc5c5ccccc54)c3)c3oc4ccccc4c3c2)cc1. The summed E-state index contributed by atoms with van der Waals surface area (Å²) in [7, 11) is 0. The van der Waals surface area contributed by atoms with Crippen LogP contribution in [-0.2, 0) is 0 Å². The summed E-state index contributed by atoms with van der Waals surface area (Å²) in [6.45, 7) is 0. The van der Waals surface area contributed by atoms with Gasteiger partial charge in [0, 0.05) is 49.9 Å². The van der Waals surface area contributed by atoms with Crippen LogP contribution in [0.25, 0.3) is 93.2 Å². The minimum absolute atomic E-state index is 0.873. The molecule has 0 bridgehead atoms. The van der Waals surface area contributed by atoms with E-state index in [-0.39, 0.29) is 0 Å². The highest BCUT2D eigenvalue weighted by Crippen LogP contribution is 2.44. The number of aromatic nitrogens is 1. The van der Waals surface area contributed by atoms with Gasteiger partial charge in [-0.15, -0.1) is 0 Å². The molecule has 0 spiro atoms. The van der Waals surface area contributed by atoms with Crippen LogP contribution in [0.1, 0.15) is 0 Å². The van der Waals surface area contributed by atoms with Gasteiger partial charge >= 0.3 is 0 Å². The zero-order valence-corrected chi connectivity index (χ0v) is 32.1. The van der Waals surface area contributed by atoms with Crippen molar-refractivity contribution in [1.29, 1.82) is 0 Å².